The Balaban J connectivity index is 2.59. The van der Waals surface area contributed by atoms with Gasteiger partial charge in [-0.1, -0.05) is 20.8 Å². The van der Waals surface area contributed by atoms with E-state index in [1.54, 1.807) is 0 Å². The number of carbonyl (C=O) groups excluding carboxylic acids is 1. The monoisotopic (exact) mass is 231 g/mol. The van der Waals surface area contributed by atoms with Gasteiger partial charge in [-0.25, -0.2) is 0 Å². The molecule has 0 heterocycles. The van der Waals surface area contributed by atoms with E-state index in [2.05, 4.69) is 20.8 Å². The van der Waals surface area contributed by atoms with Crippen LogP contribution in [0.2, 0.25) is 0 Å². The fraction of sp³-hybridized carbons (Fsp3) is 0.917. The van der Waals surface area contributed by atoms with Crippen molar-refractivity contribution in [3.8, 4) is 0 Å². The molecule has 2 unspecified atom stereocenters. The second-order valence-corrected chi connectivity index (χ2v) is 4.89. The van der Waals surface area contributed by atoms with Crippen LogP contribution < -0.4 is 0 Å². The summed E-state index contributed by atoms with van der Waals surface area (Å²) in [5.41, 5.74) is 0. The van der Waals surface area contributed by atoms with Crippen LogP contribution in [0.15, 0.2) is 0 Å². The Morgan fingerprint density at radius 3 is 2.33 bits per heavy atom. The summed E-state index contributed by atoms with van der Waals surface area (Å²) in [5, 5.41) is 0. The maximum absolute atomic E-state index is 12.1. The predicted molar refractivity (Wildman–Crippen MR) is 64.1 cm³/mol. The molecule has 2 atom stereocenters. The maximum atomic E-state index is 12.1. The molecule has 0 aliphatic heterocycles. The fourth-order valence-electron chi connectivity index (χ4n) is 2.17. The molecule has 3 heteroatoms. The standard InChI is InChI=1S/C12H22ClNO/c1-4-10(5-2)14(7-6-13)12(15)11-8-9(11)3/h9-11H,4-8H2,1-3H3. The van der Waals surface area contributed by atoms with E-state index in [9.17, 15) is 4.79 Å². The van der Waals surface area contributed by atoms with Crippen molar-refractivity contribution in [3.63, 3.8) is 0 Å². The van der Waals surface area contributed by atoms with E-state index in [-0.39, 0.29) is 5.92 Å². The lowest BCUT2D eigenvalue weighted by Crippen LogP contribution is -2.42. The fourth-order valence-corrected chi connectivity index (χ4v) is 2.35. The highest BCUT2D eigenvalue weighted by atomic mass is 35.5. The molecular formula is C12H22ClNO. The van der Waals surface area contributed by atoms with Gasteiger partial charge in [0.15, 0.2) is 0 Å². The molecule has 0 N–H and O–H groups in total. The molecule has 1 amide bonds. The number of hydrogen-bond donors (Lipinski definition) is 0. The third kappa shape index (κ3) is 3.10. The number of hydrogen-bond acceptors (Lipinski definition) is 1. The Kier molecular flexibility index (Phi) is 4.91. The zero-order valence-electron chi connectivity index (χ0n) is 10.0. The second-order valence-electron chi connectivity index (χ2n) is 4.51. The molecule has 1 aliphatic rings. The van der Waals surface area contributed by atoms with E-state index in [0.717, 1.165) is 19.3 Å². The van der Waals surface area contributed by atoms with Crippen LogP contribution in [-0.4, -0.2) is 29.3 Å². The van der Waals surface area contributed by atoms with Crippen LogP contribution >= 0.6 is 11.6 Å². The third-order valence-corrected chi connectivity index (χ3v) is 3.59. The first kappa shape index (κ1) is 12.8. The van der Waals surface area contributed by atoms with Crippen LogP contribution in [0, 0.1) is 11.8 Å². The van der Waals surface area contributed by atoms with Crippen molar-refractivity contribution >= 4 is 17.5 Å². The maximum Gasteiger partial charge on any atom is 0.226 e. The molecule has 15 heavy (non-hydrogen) atoms. The van der Waals surface area contributed by atoms with Gasteiger partial charge in [-0.05, 0) is 25.2 Å². The Labute approximate surface area is 98.0 Å². The van der Waals surface area contributed by atoms with Crippen LogP contribution in [0.4, 0.5) is 0 Å². The van der Waals surface area contributed by atoms with Crippen molar-refractivity contribution in [2.45, 2.75) is 46.1 Å². The van der Waals surface area contributed by atoms with E-state index in [4.69, 9.17) is 11.6 Å². The molecule has 0 radical (unpaired) electrons. The average Bonchev–Trinajstić information content (AvgIpc) is 2.95. The summed E-state index contributed by atoms with van der Waals surface area (Å²) >= 11 is 5.77. The summed E-state index contributed by atoms with van der Waals surface area (Å²) < 4.78 is 0. The Morgan fingerprint density at radius 1 is 1.47 bits per heavy atom. The smallest absolute Gasteiger partial charge is 0.226 e. The van der Waals surface area contributed by atoms with Gasteiger partial charge in [0.05, 0.1) is 0 Å². The van der Waals surface area contributed by atoms with Gasteiger partial charge in [0.2, 0.25) is 5.91 Å². The van der Waals surface area contributed by atoms with Gasteiger partial charge in [-0.15, -0.1) is 11.6 Å². The molecule has 0 bridgehead atoms. The molecule has 0 aromatic carbocycles. The molecule has 88 valence electrons. The lowest BCUT2D eigenvalue weighted by molar-refractivity contribution is -0.135. The molecule has 0 aromatic rings. The minimum atomic E-state index is 0.286. The zero-order chi connectivity index (χ0) is 11.4. The third-order valence-electron chi connectivity index (χ3n) is 3.42. The van der Waals surface area contributed by atoms with E-state index in [1.165, 1.54) is 0 Å². The highest BCUT2D eigenvalue weighted by Crippen LogP contribution is 2.39. The van der Waals surface area contributed by atoms with Crippen molar-refractivity contribution in [2.24, 2.45) is 11.8 Å². The average molecular weight is 232 g/mol. The van der Waals surface area contributed by atoms with Gasteiger partial charge in [-0.2, -0.15) is 0 Å². The van der Waals surface area contributed by atoms with Crippen molar-refractivity contribution in [2.75, 3.05) is 12.4 Å². The van der Waals surface area contributed by atoms with Crippen molar-refractivity contribution < 1.29 is 4.79 Å². The van der Waals surface area contributed by atoms with E-state index < -0.39 is 0 Å². The van der Waals surface area contributed by atoms with Crippen LogP contribution in [0.3, 0.4) is 0 Å². The largest absolute Gasteiger partial charge is 0.338 e. The van der Waals surface area contributed by atoms with Crippen LogP contribution in [0.1, 0.15) is 40.0 Å². The van der Waals surface area contributed by atoms with Gasteiger partial charge in [0.25, 0.3) is 0 Å². The summed E-state index contributed by atoms with van der Waals surface area (Å²) in [7, 11) is 0. The van der Waals surface area contributed by atoms with Crippen LogP contribution in [0.5, 0.6) is 0 Å². The van der Waals surface area contributed by atoms with Crippen LogP contribution in [0.25, 0.3) is 0 Å². The molecule has 2 nitrogen and oxygen atoms in total. The van der Waals surface area contributed by atoms with Gasteiger partial charge >= 0.3 is 0 Å². The number of alkyl halides is 1. The Hall–Kier alpha value is -0.240. The predicted octanol–water partition coefficient (Wildman–Crippen LogP) is 2.90. The minimum Gasteiger partial charge on any atom is -0.338 e. The number of rotatable bonds is 6. The molecule has 1 aliphatic carbocycles. The summed E-state index contributed by atoms with van der Waals surface area (Å²) in [4.78, 5) is 14.1. The molecular weight excluding hydrogens is 210 g/mol. The van der Waals surface area contributed by atoms with E-state index in [1.807, 2.05) is 4.90 Å². The van der Waals surface area contributed by atoms with Gasteiger partial charge in [0.1, 0.15) is 0 Å². The zero-order valence-corrected chi connectivity index (χ0v) is 10.8. The lowest BCUT2D eigenvalue weighted by Gasteiger charge is -2.30. The highest BCUT2D eigenvalue weighted by Gasteiger charge is 2.42. The lowest BCUT2D eigenvalue weighted by atomic mass is 10.1. The minimum absolute atomic E-state index is 0.286. The van der Waals surface area contributed by atoms with Crippen molar-refractivity contribution in [1.82, 2.24) is 4.90 Å². The second kappa shape index (κ2) is 5.74. The first-order valence-electron chi connectivity index (χ1n) is 6.02. The molecule has 0 aromatic heterocycles. The van der Waals surface area contributed by atoms with Gasteiger partial charge < -0.3 is 4.90 Å². The summed E-state index contributed by atoms with van der Waals surface area (Å²) in [5.74, 6) is 1.75. The summed E-state index contributed by atoms with van der Waals surface area (Å²) in [6, 6.07) is 0.379. The normalized spacial score (nSPS) is 24.3. The molecule has 1 saturated carbocycles. The number of carbonyl (C=O) groups is 1. The number of nitrogens with zero attached hydrogens (tertiary/aromatic N) is 1. The molecule has 1 fully saturated rings. The van der Waals surface area contributed by atoms with Gasteiger partial charge in [0, 0.05) is 24.4 Å². The van der Waals surface area contributed by atoms with Gasteiger partial charge in [-0.3, -0.25) is 4.79 Å². The van der Waals surface area contributed by atoms with Crippen molar-refractivity contribution in [3.05, 3.63) is 0 Å². The quantitative estimate of drug-likeness (QED) is 0.644. The van der Waals surface area contributed by atoms with E-state index in [0.29, 0.717) is 30.3 Å². The van der Waals surface area contributed by atoms with Crippen molar-refractivity contribution in [1.29, 1.82) is 0 Å². The van der Waals surface area contributed by atoms with E-state index >= 15 is 0 Å². The Morgan fingerprint density at radius 2 is 2.00 bits per heavy atom. The SMILES string of the molecule is CCC(CC)N(CCCl)C(=O)C1CC1C. The van der Waals surface area contributed by atoms with Crippen LogP contribution in [-0.2, 0) is 4.79 Å². The molecule has 1 rings (SSSR count). The Bertz CT molecular complexity index is 216. The summed E-state index contributed by atoms with van der Waals surface area (Å²) in [6.45, 7) is 7.13. The molecule has 0 spiro atoms. The topological polar surface area (TPSA) is 20.3 Å². The summed E-state index contributed by atoms with van der Waals surface area (Å²) in [6.07, 6.45) is 3.12. The first-order valence-corrected chi connectivity index (χ1v) is 6.55. The molecule has 0 saturated heterocycles. The number of amides is 1. The first-order chi connectivity index (χ1) is 7.15. The number of halogens is 1. The highest BCUT2D eigenvalue weighted by molar-refractivity contribution is 6.18.